The topological polar surface area (TPSA) is 0 Å². The van der Waals surface area contributed by atoms with Crippen LogP contribution < -0.4 is 0 Å². The van der Waals surface area contributed by atoms with Crippen molar-refractivity contribution in [1.29, 1.82) is 0 Å². The van der Waals surface area contributed by atoms with E-state index in [1.807, 2.05) is 0 Å². The third-order valence-electron chi connectivity index (χ3n) is 1.50. The lowest BCUT2D eigenvalue weighted by atomic mass is 10.0. The molecule has 0 bridgehead atoms. The molecule has 0 aromatic rings. The Morgan fingerprint density at radius 2 is 2.00 bits per heavy atom. The summed E-state index contributed by atoms with van der Waals surface area (Å²) >= 11 is 0. The molecule has 49 valence electrons. The van der Waals surface area contributed by atoms with Gasteiger partial charge in [0.1, 0.15) is 0 Å². The summed E-state index contributed by atoms with van der Waals surface area (Å²) in [6.45, 7) is 6.73. The fourth-order valence-corrected chi connectivity index (χ4v) is 0.618. The standard InChI is InChI=1S/C8H17/c1-4-6-7-8(3)5-2/h7-8H,4-6H2,1-3H3. The van der Waals surface area contributed by atoms with Crippen molar-refractivity contribution in [2.75, 3.05) is 0 Å². The largest absolute Gasteiger partial charge is 0.0654 e. The van der Waals surface area contributed by atoms with Crippen molar-refractivity contribution in [3.63, 3.8) is 0 Å². The Labute approximate surface area is 53.3 Å². The predicted molar refractivity (Wildman–Crippen MR) is 38.7 cm³/mol. The zero-order valence-corrected chi connectivity index (χ0v) is 6.28. The van der Waals surface area contributed by atoms with E-state index >= 15 is 0 Å². The molecule has 1 radical (unpaired) electrons. The maximum Gasteiger partial charge on any atom is -0.0358 e. The van der Waals surface area contributed by atoms with Gasteiger partial charge in [-0.05, 0) is 12.3 Å². The Kier molecular flexibility index (Phi) is 5.14. The van der Waals surface area contributed by atoms with E-state index in [2.05, 4.69) is 27.2 Å². The predicted octanol–water partition coefficient (Wildman–Crippen LogP) is 3.04. The summed E-state index contributed by atoms with van der Waals surface area (Å²) in [5, 5.41) is 0. The Morgan fingerprint density at radius 1 is 1.38 bits per heavy atom. The van der Waals surface area contributed by atoms with Crippen molar-refractivity contribution in [1.82, 2.24) is 0 Å². The van der Waals surface area contributed by atoms with Gasteiger partial charge in [0.05, 0.1) is 0 Å². The third-order valence-corrected chi connectivity index (χ3v) is 1.50. The maximum atomic E-state index is 2.40. The molecule has 8 heavy (non-hydrogen) atoms. The first-order valence-electron chi connectivity index (χ1n) is 3.64. The van der Waals surface area contributed by atoms with Crippen molar-refractivity contribution in [3.05, 3.63) is 6.42 Å². The smallest absolute Gasteiger partial charge is 0.0358 e. The van der Waals surface area contributed by atoms with Gasteiger partial charge in [0.25, 0.3) is 0 Å². The van der Waals surface area contributed by atoms with Gasteiger partial charge in [-0.3, -0.25) is 0 Å². The Bertz CT molecular complexity index is 39.3. The van der Waals surface area contributed by atoms with Crippen molar-refractivity contribution < 1.29 is 0 Å². The zero-order valence-electron chi connectivity index (χ0n) is 6.28. The first kappa shape index (κ1) is 8.00. The highest BCUT2D eigenvalue weighted by atomic mass is 14.0. The van der Waals surface area contributed by atoms with E-state index in [1.54, 1.807) is 0 Å². The molecule has 0 heterocycles. The van der Waals surface area contributed by atoms with Gasteiger partial charge in [-0.1, -0.05) is 40.0 Å². The molecule has 0 aliphatic rings. The number of unbranched alkanes of at least 4 members (excludes halogenated alkanes) is 1. The van der Waals surface area contributed by atoms with Crippen LogP contribution in [-0.4, -0.2) is 0 Å². The molecule has 0 spiro atoms. The van der Waals surface area contributed by atoms with Gasteiger partial charge in [0, 0.05) is 0 Å². The SMILES string of the molecule is CCC[CH]C(C)CC. The lowest BCUT2D eigenvalue weighted by Crippen LogP contribution is -1.91. The average molecular weight is 113 g/mol. The molecule has 0 nitrogen and oxygen atoms in total. The van der Waals surface area contributed by atoms with E-state index in [4.69, 9.17) is 0 Å². The number of hydrogen-bond acceptors (Lipinski definition) is 0. The molecule has 0 aromatic carbocycles. The molecule has 1 unspecified atom stereocenters. The molecular formula is C8H17. The van der Waals surface area contributed by atoms with Crippen molar-refractivity contribution in [2.24, 2.45) is 5.92 Å². The normalized spacial score (nSPS) is 13.9. The molecule has 0 aromatic heterocycles. The average Bonchev–Trinajstić information content (AvgIpc) is 1.83. The fourth-order valence-electron chi connectivity index (χ4n) is 0.618. The molecule has 0 saturated carbocycles. The van der Waals surface area contributed by atoms with E-state index in [-0.39, 0.29) is 0 Å². The van der Waals surface area contributed by atoms with E-state index < -0.39 is 0 Å². The quantitative estimate of drug-likeness (QED) is 0.525. The first-order valence-corrected chi connectivity index (χ1v) is 3.64. The van der Waals surface area contributed by atoms with Gasteiger partial charge in [0.2, 0.25) is 0 Å². The van der Waals surface area contributed by atoms with Crippen LogP contribution in [0.2, 0.25) is 0 Å². The minimum Gasteiger partial charge on any atom is -0.0654 e. The van der Waals surface area contributed by atoms with Crippen LogP contribution in [-0.2, 0) is 0 Å². The number of rotatable bonds is 4. The molecule has 0 fully saturated rings. The van der Waals surface area contributed by atoms with Crippen LogP contribution in [0.4, 0.5) is 0 Å². The summed E-state index contributed by atoms with van der Waals surface area (Å²) in [5.41, 5.74) is 0. The monoisotopic (exact) mass is 113 g/mol. The van der Waals surface area contributed by atoms with Gasteiger partial charge in [-0.25, -0.2) is 0 Å². The van der Waals surface area contributed by atoms with Gasteiger partial charge in [-0.2, -0.15) is 0 Å². The van der Waals surface area contributed by atoms with Crippen LogP contribution in [0, 0.1) is 12.3 Å². The fraction of sp³-hybridized carbons (Fsp3) is 0.875. The lowest BCUT2D eigenvalue weighted by molar-refractivity contribution is 0.610. The van der Waals surface area contributed by atoms with E-state index in [9.17, 15) is 0 Å². The molecular weight excluding hydrogens is 96.1 g/mol. The third kappa shape index (κ3) is 4.17. The minimum absolute atomic E-state index is 0.829. The summed E-state index contributed by atoms with van der Waals surface area (Å²) in [5.74, 6) is 0.829. The summed E-state index contributed by atoms with van der Waals surface area (Å²) in [6, 6.07) is 0. The van der Waals surface area contributed by atoms with Crippen molar-refractivity contribution in [3.8, 4) is 0 Å². The molecule has 0 heteroatoms. The molecule has 0 aliphatic heterocycles. The van der Waals surface area contributed by atoms with Gasteiger partial charge in [0.15, 0.2) is 0 Å². The first-order chi connectivity index (χ1) is 3.81. The van der Waals surface area contributed by atoms with Crippen LogP contribution in [0.5, 0.6) is 0 Å². The number of hydrogen-bond donors (Lipinski definition) is 0. The van der Waals surface area contributed by atoms with Crippen molar-refractivity contribution >= 4 is 0 Å². The second-order valence-electron chi connectivity index (χ2n) is 2.41. The molecule has 0 amide bonds. The van der Waals surface area contributed by atoms with Crippen LogP contribution in [0.3, 0.4) is 0 Å². The molecule has 0 saturated heterocycles. The minimum atomic E-state index is 0.829. The van der Waals surface area contributed by atoms with E-state index in [0.717, 1.165) is 5.92 Å². The zero-order chi connectivity index (χ0) is 6.41. The maximum absolute atomic E-state index is 2.40. The summed E-state index contributed by atoms with van der Waals surface area (Å²) in [6.07, 6.45) is 6.28. The molecule has 1 atom stereocenters. The van der Waals surface area contributed by atoms with Gasteiger partial charge in [-0.15, -0.1) is 0 Å². The van der Waals surface area contributed by atoms with Gasteiger partial charge >= 0.3 is 0 Å². The summed E-state index contributed by atoms with van der Waals surface area (Å²) in [4.78, 5) is 0. The molecule has 0 rings (SSSR count). The van der Waals surface area contributed by atoms with Crippen LogP contribution >= 0.6 is 0 Å². The summed E-state index contributed by atoms with van der Waals surface area (Å²) in [7, 11) is 0. The second-order valence-corrected chi connectivity index (χ2v) is 2.41. The Morgan fingerprint density at radius 3 is 2.38 bits per heavy atom. The highest BCUT2D eigenvalue weighted by Crippen LogP contribution is 2.08. The van der Waals surface area contributed by atoms with Crippen LogP contribution in [0.25, 0.3) is 0 Å². The highest BCUT2D eigenvalue weighted by molar-refractivity contribution is 4.69. The van der Waals surface area contributed by atoms with Crippen LogP contribution in [0.15, 0.2) is 0 Å². The lowest BCUT2D eigenvalue weighted by Gasteiger charge is -2.03. The van der Waals surface area contributed by atoms with Crippen molar-refractivity contribution in [2.45, 2.75) is 40.0 Å². The second kappa shape index (κ2) is 5.14. The summed E-state index contributed by atoms with van der Waals surface area (Å²) < 4.78 is 0. The highest BCUT2D eigenvalue weighted by Gasteiger charge is 1.95. The van der Waals surface area contributed by atoms with E-state index in [0.29, 0.717) is 0 Å². The van der Waals surface area contributed by atoms with Gasteiger partial charge < -0.3 is 0 Å². The Balaban J connectivity index is 2.86. The van der Waals surface area contributed by atoms with E-state index in [1.165, 1.54) is 19.3 Å². The Hall–Kier alpha value is 0. The molecule has 0 N–H and O–H groups in total. The van der Waals surface area contributed by atoms with Crippen LogP contribution in [0.1, 0.15) is 40.0 Å². The molecule has 0 aliphatic carbocycles.